The average molecular weight is 1180 g/mol. The van der Waals surface area contributed by atoms with Crippen LogP contribution in [0.15, 0.2) is 0 Å². The summed E-state index contributed by atoms with van der Waals surface area (Å²) in [6, 6.07) is 0. The highest BCUT2D eigenvalue weighted by Crippen LogP contribution is 1.63. The normalized spacial score (nSPS) is 11.6. The Hall–Kier alpha value is -1.56. The van der Waals surface area contributed by atoms with Crippen LogP contribution < -0.4 is 0 Å². The van der Waals surface area contributed by atoms with Gasteiger partial charge in [0.15, 0.2) is 0 Å². The maximum atomic E-state index is 8.74. The molecule has 0 heterocycles. The van der Waals surface area contributed by atoms with Gasteiger partial charge in [-0.2, -0.15) is 101 Å². The second-order valence-corrected chi connectivity index (χ2v) is 16.1. The molecule has 0 aliphatic heterocycles. The first kappa shape index (κ1) is 89.4. The van der Waals surface area contributed by atoms with Gasteiger partial charge in [-0.1, -0.05) is 0 Å². The molecule has 0 fully saturated rings. The summed E-state index contributed by atoms with van der Waals surface area (Å²) in [7, 11) is -56.0. The molecule has 0 amide bonds. The molecule has 0 saturated carbocycles. The van der Waals surface area contributed by atoms with Gasteiger partial charge in [0.2, 0.25) is 0 Å². The molecule has 0 saturated heterocycles. The fraction of sp³-hybridized carbons (Fsp3) is 0. The van der Waals surface area contributed by atoms with Crippen LogP contribution in [0.4, 0.5) is 0 Å². The highest BCUT2D eigenvalue weighted by atomic mass is 32.3. The summed E-state index contributed by atoms with van der Waals surface area (Å²) >= 11 is 0. The van der Waals surface area contributed by atoms with Crippen molar-refractivity contribution in [3.8, 4) is 0 Å². The van der Waals surface area contributed by atoms with Gasteiger partial charge in [-0.05, 0) is 0 Å². The molecule has 0 spiro atoms. The van der Waals surface area contributed by atoms with Gasteiger partial charge in [-0.3, -0.25) is 109 Å². The molecule has 0 radical (unpaired) electrons. The monoisotopic (exact) mass is 1180 g/mol. The molecule has 0 atom stereocenters. The Labute approximate surface area is 333 Å². The first-order valence-corrected chi connectivity index (χ1v) is 25.1. The van der Waals surface area contributed by atoms with Crippen molar-refractivity contribution in [2.75, 3.05) is 0 Å². The summed E-state index contributed by atoms with van der Waals surface area (Å²) in [5.74, 6) is 0. The quantitative estimate of drug-likeness (QED) is 0.100. The third-order valence-corrected chi connectivity index (χ3v) is 0. The van der Waals surface area contributed by atoms with Crippen LogP contribution in [0.5, 0.6) is 0 Å². The maximum absolute atomic E-state index is 8.74. The third-order valence-electron chi connectivity index (χ3n) is 0. The molecule has 0 rings (SSSR count). The van der Waals surface area contributed by atoms with E-state index in [-0.39, 0.29) is 0 Å². The van der Waals surface area contributed by atoms with E-state index in [4.69, 9.17) is 210 Å². The molecular weight excluding hydrogens is 1150 g/mol. The lowest BCUT2D eigenvalue weighted by atomic mass is 15.8. The van der Waals surface area contributed by atoms with E-state index < -0.39 is 125 Å². The first-order chi connectivity index (χ1) is 24.0. The zero-order chi connectivity index (χ0) is 54.0. The van der Waals surface area contributed by atoms with Gasteiger partial charge in [0.1, 0.15) is 0 Å². The van der Waals surface area contributed by atoms with Gasteiger partial charge >= 0.3 is 125 Å². The maximum Gasteiger partial charge on any atom is 0.394 e. The van der Waals surface area contributed by atoms with Gasteiger partial charge in [0.25, 0.3) is 0 Å². The van der Waals surface area contributed by atoms with Crippen molar-refractivity contribution in [1.29, 1.82) is 0 Å². The van der Waals surface area contributed by atoms with Crippen molar-refractivity contribution < 1.29 is 210 Å². The van der Waals surface area contributed by atoms with Crippen LogP contribution >= 0.6 is 0 Å². The molecule has 24 N–H and O–H groups in total. The second kappa shape index (κ2) is 36.9. The smallest absolute Gasteiger partial charge is 0.264 e. The van der Waals surface area contributed by atoms with E-state index in [1.807, 2.05) is 0 Å². The molecule has 384 valence electrons. The van der Waals surface area contributed by atoms with E-state index in [1.54, 1.807) is 0 Å². The first-order valence-electron chi connectivity index (χ1n) is 8.38. The molecule has 0 unspecified atom stereocenters. The molecule has 0 aliphatic carbocycles. The Morgan fingerprint density at radius 3 is 0.100 bits per heavy atom. The Morgan fingerprint density at radius 2 is 0.100 bits per heavy atom. The number of rotatable bonds is 0. The van der Waals surface area contributed by atoms with Crippen LogP contribution in [0.3, 0.4) is 0 Å². The summed E-state index contributed by atoms with van der Waals surface area (Å²) in [6.07, 6.45) is 0. The largest absolute Gasteiger partial charge is 0.394 e. The standard InChI is InChI=1S/12H2O4S/c12*1-5(2,3)4/h12*(H2,1,2,3,4). The summed E-state index contributed by atoms with van der Waals surface area (Å²) in [5.41, 5.74) is 0. The van der Waals surface area contributed by atoms with Crippen molar-refractivity contribution in [3.05, 3.63) is 0 Å². The van der Waals surface area contributed by atoms with Gasteiger partial charge in [-0.15, -0.1) is 0 Å². The minimum atomic E-state index is -4.67. The minimum Gasteiger partial charge on any atom is -0.264 e. The topological polar surface area (TPSA) is 895 Å². The van der Waals surface area contributed by atoms with Gasteiger partial charge in [-0.25, -0.2) is 0 Å². The molecule has 0 aromatic carbocycles. The van der Waals surface area contributed by atoms with Crippen molar-refractivity contribution in [3.63, 3.8) is 0 Å². The van der Waals surface area contributed by atoms with Gasteiger partial charge < -0.3 is 0 Å². The predicted octanol–water partition coefficient (Wildman–Crippen LogP) is -7.83. The zero-order valence-electron chi connectivity index (χ0n) is 25.4. The summed E-state index contributed by atoms with van der Waals surface area (Å²) in [4.78, 5) is 0. The minimum absolute atomic E-state index is 4.67. The van der Waals surface area contributed by atoms with Crippen molar-refractivity contribution in [2.24, 2.45) is 0 Å². The Balaban J connectivity index is -0.0000000419. The van der Waals surface area contributed by atoms with Crippen LogP contribution in [0.25, 0.3) is 0 Å². The van der Waals surface area contributed by atoms with Crippen molar-refractivity contribution in [2.45, 2.75) is 0 Å². The highest BCUT2D eigenvalue weighted by molar-refractivity contribution is 7.82. The molecule has 0 aliphatic rings. The van der Waals surface area contributed by atoms with Crippen LogP contribution in [0.1, 0.15) is 0 Å². The lowest BCUT2D eigenvalue weighted by Crippen LogP contribution is -1.89. The highest BCUT2D eigenvalue weighted by Gasteiger charge is 1.89. The summed E-state index contributed by atoms with van der Waals surface area (Å²) < 4.78 is 379. The Kier molecular flexibility index (Phi) is 54.9. The predicted molar refractivity (Wildman–Crippen MR) is 170 cm³/mol. The molecule has 60 heteroatoms. The fourth-order valence-corrected chi connectivity index (χ4v) is 0. The van der Waals surface area contributed by atoms with Crippen molar-refractivity contribution in [1.82, 2.24) is 0 Å². The molecular formula is H24O48S12. The molecule has 60 heavy (non-hydrogen) atoms. The second-order valence-electron chi connectivity index (χ2n) is 5.37. The van der Waals surface area contributed by atoms with Crippen LogP contribution in [-0.4, -0.2) is 210 Å². The Bertz CT molecular complexity index is 1690. The van der Waals surface area contributed by atoms with E-state index in [0.29, 0.717) is 0 Å². The van der Waals surface area contributed by atoms with Gasteiger partial charge in [0, 0.05) is 0 Å². The van der Waals surface area contributed by atoms with E-state index in [1.165, 1.54) is 0 Å². The molecule has 0 bridgehead atoms. The molecule has 0 aromatic rings. The molecule has 48 nitrogen and oxygen atoms in total. The number of hydrogen-bond donors (Lipinski definition) is 24. The average Bonchev–Trinajstić information content (AvgIpc) is 2.48. The summed E-state index contributed by atoms with van der Waals surface area (Å²) in [5, 5.41) is 0. The van der Waals surface area contributed by atoms with Gasteiger partial charge in [0.05, 0.1) is 0 Å². The lowest BCUT2D eigenvalue weighted by molar-refractivity contribution is 0.378. The fourth-order valence-electron chi connectivity index (χ4n) is 0. The summed E-state index contributed by atoms with van der Waals surface area (Å²) in [6.45, 7) is 0. The lowest BCUT2D eigenvalue weighted by Gasteiger charge is -1.68. The Morgan fingerprint density at radius 1 is 0.100 bits per heavy atom. The zero-order valence-corrected chi connectivity index (χ0v) is 35.2. The van der Waals surface area contributed by atoms with E-state index in [0.717, 1.165) is 0 Å². The third kappa shape index (κ3) is 71300. The van der Waals surface area contributed by atoms with Crippen LogP contribution in [0, 0.1) is 0 Å². The van der Waals surface area contributed by atoms with E-state index >= 15 is 0 Å². The van der Waals surface area contributed by atoms with E-state index in [2.05, 4.69) is 0 Å². The number of hydrogen-bond acceptors (Lipinski definition) is 24. The van der Waals surface area contributed by atoms with Crippen LogP contribution in [0.2, 0.25) is 0 Å². The SMILES string of the molecule is O=S(=O)(O)O.O=S(=O)(O)O.O=S(=O)(O)O.O=S(=O)(O)O.O=S(=O)(O)O.O=S(=O)(O)O.O=S(=O)(O)O.O=S(=O)(O)O.O=S(=O)(O)O.O=S(=O)(O)O.O=S(=O)(O)O.O=S(=O)(O)O. The van der Waals surface area contributed by atoms with E-state index in [9.17, 15) is 0 Å². The van der Waals surface area contributed by atoms with Crippen LogP contribution in [-0.2, 0) is 125 Å². The molecule has 0 aromatic heterocycles. The van der Waals surface area contributed by atoms with Crippen molar-refractivity contribution >= 4 is 125 Å².